The molecule has 148 valence electrons. The first-order chi connectivity index (χ1) is 12.7. The molecule has 5 nitrogen and oxygen atoms in total. The summed E-state index contributed by atoms with van der Waals surface area (Å²) in [6.07, 6.45) is 10.4. The molecule has 1 amide bonds. The normalized spacial score (nSPS) is 42.2. The van der Waals surface area contributed by atoms with Gasteiger partial charge in [-0.2, -0.15) is 0 Å². The molecule has 2 fully saturated rings. The minimum Gasteiger partial charge on any atom is -0.511 e. The summed E-state index contributed by atoms with van der Waals surface area (Å²) in [5.74, 6) is -0.179. The Bertz CT molecular complexity index is 720. The molecule has 3 N–H and O–H groups in total. The Morgan fingerprint density at radius 1 is 1.33 bits per heavy atom. The molecule has 2 aliphatic carbocycles. The van der Waals surface area contributed by atoms with Crippen LogP contribution in [0.4, 0.5) is 0 Å². The lowest BCUT2D eigenvalue weighted by atomic mass is 9.54. The lowest BCUT2D eigenvalue weighted by Crippen LogP contribution is -2.45. The van der Waals surface area contributed by atoms with E-state index in [2.05, 4.69) is 24.4 Å². The van der Waals surface area contributed by atoms with Crippen molar-refractivity contribution in [2.24, 2.45) is 29.1 Å². The van der Waals surface area contributed by atoms with Gasteiger partial charge in [-0.3, -0.25) is 9.59 Å². The zero-order valence-corrected chi connectivity index (χ0v) is 16.6. The number of hydrogen-bond donors (Lipinski definition) is 3. The van der Waals surface area contributed by atoms with Gasteiger partial charge >= 0.3 is 0 Å². The number of carbonyl (C=O) groups is 2. The molecular weight excluding hydrogens is 342 g/mol. The SMILES string of the molecule is C/C=C/[C@@H]1C=C[C@@H]2C[C@H](C)CC[C@H]2[C@]1(C)/C(O)=C1\C(=O)NC(C(C)O)C1=O. The summed E-state index contributed by atoms with van der Waals surface area (Å²) in [4.78, 5) is 25.3. The number of aliphatic hydroxyl groups excluding tert-OH is 2. The molecule has 1 aliphatic heterocycles. The lowest BCUT2D eigenvalue weighted by Gasteiger charge is -2.50. The van der Waals surface area contributed by atoms with E-state index in [-0.39, 0.29) is 23.2 Å². The molecule has 2 unspecified atom stereocenters. The number of rotatable bonds is 3. The number of hydrogen-bond acceptors (Lipinski definition) is 4. The van der Waals surface area contributed by atoms with Crippen LogP contribution in [0.1, 0.15) is 47.0 Å². The Morgan fingerprint density at radius 3 is 2.63 bits per heavy atom. The van der Waals surface area contributed by atoms with Crippen LogP contribution in [0.25, 0.3) is 0 Å². The van der Waals surface area contributed by atoms with Gasteiger partial charge in [0, 0.05) is 11.3 Å². The monoisotopic (exact) mass is 373 g/mol. The van der Waals surface area contributed by atoms with Crippen molar-refractivity contribution in [3.8, 4) is 0 Å². The van der Waals surface area contributed by atoms with Crippen LogP contribution in [0, 0.1) is 29.1 Å². The number of ketones is 1. The molecule has 7 atom stereocenters. The molecule has 5 heteroatoms. The first kappa shape index (κ1) is 19.9. The number of carbonyl (C=O) groups excluding carboxylic acids is 2. The number of Topliss-reactive ketones (excluding diaryl/α,β-unsaturated/α-hetero) is 1. The molecule has 1 heterocycles. The number of fused-ring (bicyclic) bond motifs is 1. The molecule has 3 rings (SSSR count). The molecule has 1 saturated heterocycles. The Labute approximate surface area is 161 Å². The highest BCUT2D eigenvalue weighted by Gasteiger charge is 2.53. The standard InChI is InChI=1S/C22H31NO4/c1-5-6-15-9-8-14-11-12(2)7-10-16(14)22(15,4)20(26)17-19(25)18(13(3)24)23-21(17)27/h5-6,8-9,12-16,18,24,26H,7,10-11H2,1-4H3,(H,23,27)/b6-5+,20-17+/t12-,13?,14-,15-,16-,18?,22-/m1/s1. The van der Waals surface area contributed by atoms with E-state index in [0.29, 0.717) is 11.8 Å². The summed E-state index contributed by atoms with van der Waals surface area (Å²) in [7, 11) is 0. The van der Waals surface area contributed by atoms with E-state index in [1.54, 1.807) is 0 Å². The average molecular weight is 373 g/mol. The fraction of sp³-hybridized carbons (Fsp3) is 0.636. The van der Waals surface area contributed by atoms with E-state index in [0.717, 1.165) is 19.3 Å². The van der Waals surface area contributed by atoms with Crippen molar-refractivity contribution in [3.05, 3.63) is 35.6 Å². The second-order valence-electron chi connectivity index (χ2n) is 8.69. The number of allylic oxidation sites excluding steroid dienone is 5. The summed E-state index contributed by atoms with van der Waals surface area (Å²) in [6, 6.07) is -0.986. The second kappa shape index (κ2) is 7.27. The van der Waals surface area contributed by atoms with Crippen LogP contribution in [0.2, 0.25) is 0 Å². The molecule has 0 aromatic carbocycles. The van der Waals surface area contributed by atoms with E-state index >= 15 is 0 Å². The van der Waals surface area contributed by atoms with E-state index in [4.69, 9.17) is 0 Å². The maximum atomic E-state index is 12.8. The van der Waals surface area contributed by atoms with Gasteiger partial charge in [0.2, 0.25) is 0 Å². The Kier molecular flexibility index (Phi) is 5.35. The highest BCUT2D eigenvalue weighted by atomic mass is 16.3. The fourth-order valence-corrected chi connectivity index (χ4v) is 5.28. The lowest BCUT2D eigenvalue weighted by molar-refractivity contribution is -0.118. The van der Waals surface area contributed by atoms with Crippen LogP contribution in [-0.4, -0.2) is 34.0 Å². The first-order valence-corrected chi connectivity index (χ1v) is 9.99. The predicted molar refractivity (Wildman–Crippen MR) is 104 cm³/mol. The van der Waals surface area contributed by atoms with Gasteiger partial charge < -0.3 is 15.5 Å². The molecule has 0 spiro atoms. The van der Waals surface area contributed by atoms with Gasteiger partial charge in [0.1, 0.15) is 17.4 Å². The van der Waals surface area contributed by atoms with Gasteiger partial charge in [0.15, 0.2) is 5.78 Å². The quantitative estimate of drug-likeness (QED) is 0.307. The zero-order valence-electron chi connectivity index (χ0n) is 16.6. The summed E-state index contributed by atoms with van der Waals surface area (Å²) >= 11 is 0. The third-order valence-electron chi connectivity index (χ3n) is 6.86. The maximum Gasteiger partial charge on any atom is 0.259 e. The minimum atomic E-state index is -1.000. The van der Waals surface area contributed by atoms with Crippen molar-refractivity contribution in [1.29, 1.82) is 0 Å². The van der Waals surface area contributed by atoms with E-state index in [1.807, 2.05) is 26.0 Å². The summed E-state index contributed by atoms with van der Waals surface area (Å²) in [5, 5.41) is 23.7. The van der Waals surface area contributed by atoms with Crippen LogP contribution in [0.15, 0.2) is 35.6 Å². The highest BCUT2D eigenvalue weighted by Crippen LogP contribution is 2.56. The second-order valence-corrected chi connectivity index (χ2v) is 8.69. The van der Waals surface area contributed by atoms with Gasteiger partial charge in [-0.1, -0.05) is 44.6 Å². The first-order valence-electron chi connectivity index (χ1n) is 9.99. The Hall–Kier alpha value is -1.88. The number of nitrogens with one attached hydrogen (secondary N) is 1. The molecule has 0 bridgehead atoms. The van der Waals surface area contributed by atoms with Crippen LogP contribution in [0.3, 0.4) is 0 Å². The van der Waals surface area contributed by atoms with Gasteiger partial charge in [-0.25, -0.2) is 0 Å². The fourth-order valence-electron chi connectivity index (χ4n) is 5.28. The van der Waals surface area contributed by atoms with Crippen molar-refractivity contribution < 1.29 is 19.8 Å². The number of aliphatic hydroxyl groups is 2. The van der Waals surface area contributed by atoms with Crippen molar-refractivity contribution in [2.45, 2.75) is 59.1 Å². The topological polar surface area (TPSA) is 86.6 Å². The summed E-state index contributed by atoms with van der Waals surface area (Å²) in [5.41, 5.74) is -0.896. The Balaban J connectivity index is 2.11. The predicted octanol–water partition coefficient (Wildman–Crippen LogP) is 3.07. The van der Waals surface area contributed by atoms with E-state index in [1.165, 1.54) is 6.92 Å². The zero-order chi connectivity index (χ0) is 19.9. The highest BCUT2D eigenvalue weighted by molar-refractivity contribution is 6.27. The smallest absolute Gasteiger partial charge is 0.259 e. The summed E-state index contributed by atoms with van der Waals surface area (Å²) < 4.78 is 0. The van der Waals surface area contributed by atoms with Crippen LogP contribution in [0.5, 0.6) is 0 Å². The van der Waals surface area contributed by atoms with E-state index in [9.17, 15) is 19.8 Å². The summed E-state index contributed by atoms with van der Waals surface area (Å²) in [6.45, 7) is 7.63. The largest absolute Gasteiger partial charge is 0.511 e. The molecule has 0 aromatic heterocycles. The van der Waals surface area contributed by atoms with Gasteiger partial charge in [0.25, 0.3) is 5.91 Å². The Morgan fingerprint density at radius 2 is 2.04 bits per heavy atom. The minimum absolute atomic E-state index is 0.0872. The van der Waals surface area contributed by atoms with Gasteiger partial charge in [-0.15, -0.1) is 0 Å². The van der Waals surface area contributed by atoms with Crippen molar-refractivity contribution >= 4 is 11.7 Å². The van der Waals surface area contributed by atoms with E-state index < -0.39 is 29.3 Å². The van der Waals surface area contributed by atoms with Crippen LogP contribution >= 0.6 is 0 Å². The van der Waals surface area contributed by atoms with Crippen molar-refractivity contribution in [3.63, 3.8) is 0 Å². The van der Waals surface area contributed by atoms with Gasteiger partial charge in [-0.05, 0) is 44.4 Å². The van der Waals surface area contributed by atoms with Crippen molar-refractivity contribution in [2.75, 3.05) is 0 Å². The third kappa shape index (κ3) is 3.16. The molecule has 0 radical (unpaired) electrons. The third-order valence-corrected chi connectivity index (χ3v) is 6.86. The van der Waals surface area contributed by atoms with Crippen molar-refractivity contribution in [1.82, 2.24) is 5.32 Å². The van der Waals surface area contributed by atoms with Crippen LogP contribution < -0.4 is 5.32 Å². The molecule has 27 heavy (non-hydrogen) atoms. The maximum absolute atomic E-state index is 12.8. The van der Waals surface area contributed by atoms with Crippen LogP contribution in [-0.2, 0) is 9.59 Å². The molecular formula is C22H31NO4. The average Bonchev–Trinajstić information content (AvgIpc) is 2.91. The number of amides is 1. The molecule has 1 saturated carbocycles. The van der Waals surface area contributed by atoms with Gasteiger partial charge in [0.05, 0.1) is 6.10 Å². The molecule has 0 aromatic rings. The molecule has 3 aliphatic rings.